The van der Waals surface area contributed by atoms with E-state index in [4.69, 9.17) is 9.47 Å². The van der Waals surface area contributed by atoms with E-state index in [1.54, 1.807) is 20.4 Å². The average Bonchev–Trinajstić information content (AvgIpc) is 2.38. The molecular weight excluding hydrogens is 216 g/mol. The molecule has 2 rings (SSSR count). The third-order valence-electron chi connectivity index (χ3n) is 2.46. The standard InChI is InChI=1S/C13H14N2O2/c1-9-14-7-6-12(15-9)11-5-4-10(16-2)8-13(11)17-3/h4-8H,1-3H3. The monoisotopic (exact) mass is 230 g/mol. The largest absolute Gasteiger partial charge is 0.497 e. The molecule has 0 aliphatic rings. The van der Waals surface area contributed by atoms with Gasteiger partial charge in [0.2, 0.25) is 0 Å². The second kappa shape index (κ2) is 4.82. The van der Waals surface area contributed by atoms with Crippen LogP contribution < -0.4 is 9.47 Å². The van der Waals surface area contributed by atoms with Crippen molar-refractivity contribution in [2.45, 2.75) is 6.92 Å². The summed E-state index contributed by atoms with van der Waals surface area (Å²) >= 11 is 0. The molecule has 17 heavy (non-hydrogen) atoms. The Hall–Kier alpha value is -2.10. The Bertz CT molecular complexity index is 527. The van der Waals surface area contributed by atoms with E-state index in [0.29, 0.717) is 0 Å². The Kier molecular flexibility index (Phi) is 3.23. The summed E-state index contributed by atoms with van der Waals surface area (Å²) in [6.45, 7) is 1.86. The number of benzene rings is 1. The highest BCUT2D eigenvalue weighted by molar-refractivity contribution is 5.68. The van der Waals surface area contributed by atoms with Gasteiger partial charge in [-0.3, -0.25) is 0 Å². The van der Waals surface area contributed by atoms with Crippen LogP contribution in [0.3, 0.4) is 0 Å². The van der Waals surface area contributed by atoms with E-state index in [1.165, 1.54) is 0 Å². The normalized spacial score (nSPS) is 10.1. The lowest BCUT2D eigenvalue weighted by atomic mass is 10.1. The SMILES string of the molecule is COc1ccc(-c2ccnc(C)n2)c(OC)c1. The highest BCUT2D eigenvalue weighted by atomic mass is 16.5. The summed E-state index contributed by atoms with van der Waals surface area (Å²) in [5.41, 5.74) is 1.77. The fourth-order valence-corrected chi connectivity index (χ4v) is 1.62. The summed E-state index contributed by atoms with van der Waals surface area (Å²) in [4.78, 5) is 8.45. The van der Waals surface area contributed by atoms with Crippen molar-refractivity contribution < 1.29 is 9.47 Å². The predicted octanol–water partition coefficient (Wildman–Crippen LogP) is 2.47. The van der Waals surface area contributed by atoms with E-state index >= 15 is 0 Å². The molecule has 4 heteroatoms. The molecule has 1 heterocycles. The Morgan fingerprint density at radius 3 is 2.53 bits per heavy atom. The van der Waals surface area contributed by atoms with E-state index in [9.17, 15) is 0 Å². The van der Waals surface area contributed by atoms with Crippen molar-refractivity contribution in [3.05, 3.63) is 36.3 Å². The second-order valence-corrected chi connectivity index (χ2v) is 3.56. The van der Waals surface area contributed by atoms with Crippen molar-refractivity contribution in [1.29, 1.82) is 0 Å². The summed E-state index contributed by atoms with van der Waals surface area (Å²) in [6.07, 6.45) is 1.74. The fourth-order valence-electron chi connectivity index (χ4n) is 1.62. The van der Waals surface area contributed by atoms with Gasteiger partial charge >= 0.3 is 0 Å². The lowest BCUT2D eigenvalue weighted by molar-refractivity contribution is 0.395. The number of ether oxygens (including phenoxy) is 2. The van der Waals surface area contributed by atoms with Gasteiger partial charge in [0.1, 0.15) is 17.3 Å². The Morgan fingerprint density at radius 2 is 1.88 bits per heavy atom. The second-order valence-electron chi connectivity index (χ2n) is 3.56. The molecule has 2 aromatic rings. The zero-order valence-corrected chi connectivity index (χ0v) is 10.1. The first-order valence-electron chi connectivity index (χ1n) is 5.26. The zero-order chi connectivity index (χ0) is 12.3. The van der Waals surface area contributed by atoms with Gasteiger partial charge < -0.3 is 9.47 Å². The summed E-state index contributed by atoms with van der Waals surface area (Å²) in [6, 6.07) is 7.51. The Morgan fingerprint density at radius 1 is 1.06 bits per heavy atom. The maximum Gasteiger partial charge on any atom is 0.131 e. The maximum absolute atomic E-state index is 5.34. The van der Waals surface area contributed by atoms with Gasteiger partial charge in [0.05, 0.1) is 19.9 Å². The molecule has 4 nitrogen and oxygen atoms in total. The van der Waals surface area contributed by atoms with Crippen LogP contribution in [0.15, 0.2) is 30.5 Å². The van der Waals surface area contributed by atoms with Gasteiger partial charge in [-0.15, -0.1) is 0 Å². The van der Waals surface area contributed by atoms with Crippen LogP contribution in [0.1, 0.15) is 5.82 Å². The summed E-state index contributed by atoms with van der Waals surface area (Å²) in [7, 11) is 3.26. The molecule has 0 amide bonds. The maximum atomic E-state index is 5.34. The molecule has 0 aliphatic carbocycles. The lowest BCUT2D eigenvalue weighted by Gasteiger charge is -2.09. The number of methoxy groups -OCH3 is 2. The van der Waals surface area contributed by atoms with Gasteiger partial charge in [-0.1, -0.05) is 0 Å². The van der Waals surface area contributed by atoms with E-state index in [2.05, 4.69) is 9.97 Å². The van der Waals surface area contributed by atoms with Crippen molar-refractivity contribution in [2.75, 3.05) is 14.2 Å². The van der Waals surface area contributed by atoms with E-state index in [-0.39, 0.29) is 0 Å². The summed E-state index contributed by atoms with van der Waals surface area (Å²) in [5.74, 6) is 2.24. The molecule has 0 saturated carbocycles. The Labute approximate surface area is 100 Å². The van der Waals surface area contributed by atoms with Gasteiger partial charge in [-0.05, 0) is 25.1 Å². The quantitative estimate of drug-likeness (QED) is 0.812. The van der Waals surface area contributed by atoms with Crippen molar-refractivity contribution in [1.82, 2.24) is 9.97 Å². The molecule has 0 N–H and O–H groups in total. The minimum absolute atomic E-state index is 0.736. The first kappa shape index (κ1) is 11.4. The third kappa shape index (κ3) is 2.36. The summed E-state index contributed by atoms with van der Waals surface area (Å²) in [5, 5.41) is 0. The first-order valence-corrected chi connectivity index (χ1v) is 5.26. The van der Waals surface area contributed by atoms with Crippen molar-refractivity contribution in [3.8, 4) is 22.8 Å². The minimum atomic E-state index is 0.736. The van der Waals surface area contributed by atoms with Crippen LogP contribution in [0.4, 0.5) is 0 Å². The lowest BCUT2D eigenvalue weighted by Crippen LogP contribution is -1.94. The van der Waals surface area contributed by atoms with Crippen LogP contribution in [0.25, 0.3) is 11.3 Å². The van der Waals surface area contributed by atoms with Crippen LogP contribution in [0.2, 0.25) is 0 Å². The number of aromatic nitrogens is 2. The molecule has 88 valence electrons. The smallest absolute Gasteiger partial charge is 0.131 e. The topological polar surface area (TPSA) is 44.2 Å². The van der Waals surface area contributed by atoms with Crippen LogP contribution in [0, 0.1) is 6.92 Å². The first-order chi connectivity index (χ1) is 8.24. The van der Waals surface area contributed by atoms with E-state index < -0.39 is 0 Å². The number of hydrogen-bond acceptors (Lipinski definition) is 4. The molecule has 0 aliphatic heterocycles. The van der Waals surface area contributed by atoms with Gasteiger partial charge in [0.25, 0.3) is 0 Å². The highest BCUT2D eigenvalue weighted by Gasteiger charge is 2.08. The number of aryl methyl sites for hydroxylation is 1. The third-order valence-corrected chi connectivity index (χ3v) is 2.46. The molecule has 1 aromatic heterocycles. The van der Waals surface area contributed by atoms with Gasteiger partial charge in [0.15, 0.2) is 0 Å². The van der Waals surface area contributed by atoms with Crippen LogP contribution in [-0.2, 0) is 0 Å². The number of rotatable bonds is 3. The number of nitrogens with zero attached hydrogens (tertiary/aromatic N) is 2. The predicted molar refractivity (Wildman–Crippen MR) is 65.3 cm³/mol. The molecule has 0 unspecified atom stereocenters. The molecule has 0 saturated heterocycles. The van der Waals surface area contributed by atoms with E-state index in [1.807, 2.05) is 31.2 Å². The van der Waals surface area contributed by atoms with Gasteiger partial charge in [-0.25, -0.2) is 9.97 Å². The average molecular weight is 230 g/mol. The van der Waals surface area contributed by atoms with Crippen molar-refractivity contribution >= 4 is 0 Å². The molecule has 1 aromatic carbocycles. The molecule has 0 bridgehead atoms. The highest BCUT2D eigenvalue weighted by Crippen LogP contribution is 2.31. The molecule has 0 spiro atoms. The van der Waals surface area contributed by atoms with Gasteiger partial charge in [0, 0.05) is 17.8 Å². The van der Waals surface area contributed by atoms with Crippen LogP contribution in [0.5, 0.6) is 11.5 Å². The van der Waals surface area contributed by atoms with E-state index in [0.717, 1.165) is 28.6 Å². The molecule has 0 atom stereocenters. The molecular formula is C13H14N2O2. The molecule has 0 radical (unpaired) electrons. The summed E-state index contributed by atoms with van der Waals surface area (Å²) < 4.78 is 10.5. The van der Waals surface area contributed by atoms with Crippen LogP contribution >= 0.6 is 0 Å². The zero-order valence-electron chi connectivity index (χ0n) is 10.1. The van der Waals surface area contributed by atoms with Crippen LogP contribution in [-0.4, -0.2) is 24.2 Å². The Balaban J connectivity index is 2.51. The number of hydrogen-bond donors (Lipinski definition) is 0. The van der Waals surface area contributed by atoms with Crippen molar-refractivity contribution in [3.63, 3.8) is 0 Å². The van der Waals surface area contributed by atoms with Gasteiger partial charge in [-0.2, -0.15) is 0 Å². The fraction of sp³-hybridized carbons (Fsp3) is 0.231. The molecule has 0 fully saturated rings. The minimum Gasteiger partial charge on any atom is -0.497 e. The van der Waals surface area contributed by atoms with Crippen molar-refractivity contribution in [2.24, 2.45) is 0 Å².